The Morgan fingerprint density at radius 3 is 3.19 bits per heavy atom. The fraction of sp³-hybridized carbons (Fsp3) is 0.583. The van der Waals surface area contributed by atoms with Gasteiger partial charge in [-0.15, -0.1) is 0 Å². The molecule has 1 aliphatic rings. The first-order valence-electron chi connectivity index (χ1n) is 5.74. The van der Waals surface area contributed by atoms with E-state index in [4.69, 9.17) is 9.15 Å². The Bertz CT molecular complexity index is 315. The molecule has 88 valence electrons. The molecular formula is C12H17NO3. The first-order chi connectivity index (χ1) is 7.86. The highest BCUT2D eigenvalue weighted by Crippen LogP contribution is 2.07. The number of furan rings is 1. The maximum Gasteiger partial charge on any atom is 0.223 e. The lowest BCUT2D eigenvalue weighted by Gasteiger charge is -2.22. The summed E-state index contributed by atoms with van der Waals surface area (Å²) in [5.41, 5.74) is 0. The standard InChI is InChI=1S/C12H17NO3/c14-11(12-5-3-7-16-12)9-15-8-10-4-1-2-6-13-10/h3,5,7,10,13H,1-2,4,6,8-9H2/t10-/m0/s1. The van der Waals surface area contributed by atoms with Crippen molar-refractivity contribution < 1.29 is 13.9 Å². The SMILES string of the molecule is O=C(COC[C@@H]1CCCCN1)c1ccco1. The number of ketones is 1. The fourth-order valence-electron chi connectivity index (χ4n) is 1.87. The summed E-state index contributed by atoms with van der Waals surface area (Å²) < 4.78 is 10.4. The zero-order valence-corrected chi connectivity index (χ0v) is 9.28. The molecule has 1 aromatic rings. The molecule has 0 aliphatic carbocycles. The van der Waals surface area contributed by atoms with Crippen LogP contribution in [0.2, 0.25) is 0 Å². The van der Waals surface area contributed by atoms with Crippen LogP contribution >= 0.6 is 0 Å². The normalized spacial score (nSPS) is 20.9. The van der Waals surface area contributed by atoms with E-state index in [2.05, 4.69) is 5.32 Å². The lowest BCUT2D eigenvalue weighted by molar-refractivity contribution is 0.0667. The van der Waals surface area contributed by atoms with Gasteiger partial charge in [-0.25, -0.2) is 0 Å². The number of hydrogen-bond acceptors (Lipinski definition) is 4. The van der Waals surface area contributed by atoms with Crippen molar-refractivity contribution in [3.05, 3.63) is 24.2 Å². The van der Waals surface area contributed by atoms with Crippen LogP contribution in [0.5, 0.6) is 0 Å². The maximum absolute atomic E-state index is 11.5. The maximum atomic E-state index is 11.5. The number of piperidine rings is 1. The third kappa shape index (κ3) is 3.18. The Hall–Kier alpha value is -1.13. The average molecular weight is 223 g/mol. The topological polar surface area (TPSA) is 51.5 Å². The van der Waals surface area contributed by atoms with Crippen molar-refractivity contribution in [3.63, 3.8) is 0 Å². The molecule has 0 aromatic carbocycles. The molecule has 0 radical (unpaired) electrons. The zero-order chi connectivity index (χ0) is 11.2. The van der Waals surface area contributed by atoms with Crippen LogP contribution in [0.3, 0.4) is 0 Å². The van der Waals surface area contributed by atoms with Crippen LogP contribution in [0, 0.1) is 0 Å². The van der Waals surface area contributed by atoms with Gasteiger partial charge >= 0.3 is 0 Å². The lowest BCUT2D eigenvalue weighted by atomic mass is 10.1. The van der Waals surface area contributed by atoms with Crippen LogP contribution in [-0.2, 0) is 4.74 Å². The van der Waals surface area contributed by atoms with Crippen molar-refractivity contribution in [1.82, 2.24) is 5.32 Å². The highest BCUT2D eigenvalue weighted by molar-refractivity contribution is 5.94. The molecule has 4 nitrogen and oxygen atoms in total. The van der Waals surface area contributed by atoms with Crippen LogP contribution in [0.25, 0.3) is 0 Å². The minimum Gasteiger partial charge on any atom is -0.461 e. The highest BCUT2D eigenvalue weighted by atomic mass is 16.5. The van der Waals surface area contributed by atoms with Crippen LogP contribution in [0.15, 0.2) is 22.8 Å². The molecule has 1 saturated heterocycles. The Labute approximate surface area is 95.0 Å². The summed E-state index contributed by atoms with van der Waals surface area (Å²) in [6.07, 6.45) is 5.11. The van der Waals surface area contributed by atoms with E-state index in [-0.39, 0.29) is 12.4 Å². The van der Waals surface area contributed by atoms with E-state index in [1.807, 2.05) is 0 Å². The third-order valence-electron chi connectivity index (χ3n) is 2.76. The summed E-state index contributed by atoms with van der Waals surface area (Å²) in [4.78, 5) is 11.5. The van der Waals surface area contributed by atoms with Crippen LogP contribution in [0.4, 0.5) is 0 Å². The molecule has 2 rings (SSSR count). The second-order valence-corrected chi connectivity index (χ2v) is 4.06. The second-order valence-electron chi connectivity index (χ2n) is 4.06. The molecule has 0 bridgehead atoms. The largest absolute Gasteiger partial charge is 0.461 e. The Balaban J connectivity index is 1.66. The van der Waals surface area contributed by atoms with Crippen LogP contribution in [-0.4, -0.2) is 31.6 Å². The molecule has 1 aliphatic heterocycles. The van der Waals surface area contributed by atoms with Gasteiger partial charge < -0.3 is 14.5 Å². The number of hydrogen-bond donors (Lipinski definition) is 1. The molecule has 2 heterocycles. The summed E-state index contributed by atoms with van der Waals surface area (Å²) >= 11 is 0. The molecule has 16 heavy (non-hydrogen) atoms. The summed E-state index contributed by atoms with van der Waals surface area (Å²) in [6, 6.07) is 3.76. The minimum absolute atomic E-state index is 0.0965. The minimum atomic E-state index is -0.0965. The van der Waals surface area contributed by atoms with Gasteiger partial charge in [0.2, 0.25) is 5.78 Å². The summed E-state index contributed by atoms with van der Waals surface area (Å²) in [7, 11) is 0. The molecule has 1 atom stereocenters. The monoisotopic (exact) mass is 223 g/mol. The molecule has 4 heteroatoms. The number of Topliss-reactive ketones (excluding diaryl/α,β-unsaturated/α-hetero) is 1. The van der Waals surface area contributed by atoms with Gasteiger partial charge in [-0.3, -0.25) is 4.79 Å². The first kappa shape index (κ1) is 11.4. The van der Waals surface area contributed by atoms with Gasteiger partial charge in [0.15, 0.2) is 5.76 Å². The van der Waals surface area contributed by atoms with Crippen LogP contribution in [0.1, 0.15) is 29.8 Å². The lowest BCUT2D eigenvalue weighted by Crippen LogP contribution is -2.38. The first-order valence-corrected chi connectivity index (χ1v) is 5.74. The molecule has 0 amide bonds. The van der Waals surface area contributed by atoms with Gasteiger partial charge in [-0.1, -0.05) is 6.42 Å². The van der Waals surface area contributed by atoms with Gasteiger partial charge in [-0.05, 0) is 31.5 Å². The molecule has 1 N–H and O–H groups in total. The second kappa shape index (κ2) is 5.82. The third-order valence-corrected chi connectivity index (χ3v) is 2.76. The quantitative estimate of drug-likeness (QED) is 0.771. The molecule has 0 saturated carbocycles. The Morgan fingerprint density at radius 1 is 1.56 bits per heavy atom. The van der Waals surface area contributed by atoms with Crippen molar-refractivity contribution in [2.24, 2.45) is 0 Å². The van der Waals surface area contributed by atoms with Gasteiger partial charge in [0, 0.05) is 6.04 Å². The van der Waals surface area contributed by atoms with E-state index < -0.39 is 0 Å². The van der Waals surface area contributed by atoms with E-state index in [9.17, 15) is 4.79 Å². The Morgan fingerprint density at radius 2 is 2.50 bits per heavy atom. The number of carbonyl (C=O) groups excluding carboxylic acids is 1. The molecular weight excluding hydrogens is 206 g/mol. The molecule has 1 fully saturated rings. The molecule has 0 unspecified atom stereocenters. The van der Waals surface area contributed by atoms with E-state index >= 15 is 0 Å². The number of nitrogens with one attached hydrogen (secondary N) is 1. The van der Waals surface area contributed by atoms with E-state index in [0.717, 1.165) is 13.0 Å². The van der Waals surface area contributed by atoms with Gasteiger partial charge in [0.1, 0.15) is 6.61 Å². The summed E-state index contributed by atoms with van der Waals surface area (Å²) in [6.45, 7) is 1.76. The van der Waals surface area contributed by atoms with E-state index in [1.165, 1.54) is 19.1 Å². The zero-order valence-electron chi connectivity index (χ0n) is 9.28. The average Bonchev–Trinajstić information content (AvgIpc) is 2.84. The van der Waals surface area contributed by atoms with Gasteiger partial charge in [0.05, 0.1) is 12.9 Å². The fourth-order valence-corrected chi connectivity index (χ4v) is 1.87. The van der Waals surface area contributed by atoms with Crippen molar-refractivity contribution in [1.29, 1.82) is 0 Å². The van der Waals surface area contributed by atoms with Crippen molar-refractivity contribution in [2.45, 2.75) is 25.3 Å². The van der Waals surface area contributed by atoms with Gasteiger partial charge in [-0.2, -0.15) is 0 Å². The smallest absolute Gasteiger partial charge is 0.223 e. The summed E-state index contributed by atoms with van der Waals surface area (Å²) in [5.74, 6) is 0.275. The Kier molecular flexibility index (Phi) is 4.13. The summed E-state index contributed by atoms with van der Waals surface area (Å²) in [5, 5.41) is 3.37. The predicted octanol–water partition coefficient (Wildman–Crippen LogP) is 1.62. The van der Waals surface area contributed by atoms with Crippen molar-refractivity contribution in [2.75, 3.05) is 19.8 Å². The van der Waals surface area contributed by atoms with Crippen molar-refractivity contribution in [3.8, 4) is 0 Å². The number of ether oxygens (including phenoxy) is 1. The van der Waals surface area contributed by atoms with Crippen LogP contribution < -0.4 is 5.32 Å². The molecule has 1 aromatic heterocycles. The van der Waals surface area contributed by atoms with Gasteiger partial charge in [0.25, 0.3) is 0 Å². The molecule has 0 spiro atoms. The number of carbonyl (C=O) groups is 1. The van der Waals surface area contributed by atoms with E-state index in [0.29, 0.717) is 18.4 Å². The highest BCUT2D eigenvalue weighted by Gasteiger charge is 2.14. The number of rotatable bonds is 5. The predicted molar refractivity (Wildman–Crippen MR) is 59.5 cm³/mol. The van der Waals surface area contributed by atoms with E-state index in [1.54, 1.807) is 12.1 Å². The van der Waals surface area contributed by atoms with Crippen molar-refractivity contribution >= 4 is 5.78 Å².